The highest BCUT2D eigenvalue weighted by Gasteiger charge is 2.45. The molecule has 3 aromatic rings. The van der Waals surface area contributed by atoms with Crippen LogP contribution < -0.4 is 16.4 Å². The number of aromatic amines is 1. The Morgan fingerprint density at radius 3 is 2.77 bits per heavy atom. The molecule has 2 atom stereocenters. The first-order valence-corrected chi connectivity index (χ1v) is 13.9. The molecule has 226 valence electrons. The summed E-state index contributed by atoms with van der Waals surface area (Å²) in [5.41, 5.74) is 4.89. The van der Waals surface area contributed by atoms with Gasteiger partial charge in [-0.3, -0.25) is 20.7 Å². The molecule has 1 aromatic heterocycles. The van der Waals surface area contributed by atoms with Gasteiger partial charge in [0.1, 0.15) is 22.5 Å². The number of halogens is 4. The van der Waals surface area contributed by atoms with Crippen LogP contribution in [0.2, 0.25) is 10.2 Å². The molecule has 2 aliphatic rings. The Hall–Kier alpha value is -4.20. The second kappa shape index (κ2) is 12.2. The predicted molar refractivity (Wildman–Crippen MR) is 154 cm³/mol. The van der Waals surface area contributed by atoms with Crippen molar-refractivity contribution in [3.63, 3.8) is 0 Å². The van der Waals surface area contributed by atoms with E-state index in [1.165, 1.54) is 12.0 Å². The van der Waals surface area contributed by atoms with Crippen LogP contribution in [0.3, 0.4) is 0 Å². The summed E-state index contributed by atoms with van der Waals surface area (Å²) in [5.74, 6) is -2.10. The van der Waals surface area contributed by atoms with Gasteiger partial charge >= 0.3 is 12.2 Å². The van der Waals surface area contributed by atoms with E-state index in [9.17, 15) is 23.2 Å². The summed E-state index contributed by atoms with van der Waals surface area (Å²) in [4.78, 5) is 46.8. The Labute approximate surface area is 254 Å². The summed E-state index contributed by atoms with van der Waals surface area (Å²) >= 11 is 12.4. The molecule has 1 saturated heterocycles. The van der Waals surface area contributed by atoms with E-state index in [1.54, 1.807) is 30.4 Å². The highest BCUT2D eigenvalue weighted by Crippen LogP contribution is 2.40. The number of anilines is 2. The Morgan fingerprint density at radius 2 is 2.02 bits per heavy atom. The van der Waals surface area contributed by atoms with Crippen LogP contribution in [0.4, 0.5) is 29.7 Å². The second-order valence-electron chi connectivity index (χ2n) is 9.89. The van der Waals surface area contributed by atoms with Crippen molar-refractivity contribution in [3.8, 4) is 11.3 Å². The monoisotopic (exact) mass is 634 g/mol. The van der Waals surface area contributed by atoms with Crippen LogP contribution >= 0.6 is 23.2 Å². The van der Waals surface area contributed by atoms with Gasteiger partial charge in [-0.2, -0.15) is 0 Å². The lowest BCUT2D eigenvalue weighted by atomic mass is 9.96. The van der Waals surface area contributed by atoms with Crippen LogP contribution in [0, 0.1) is 11.6 Å². The SMILES string of the molecule is COC(=O)Nc1ccc2c(c1)NC(=O)CCC=CCC(N1CCC(N)(c3c(F)ccc(Cl)c3F)OC1=O)c1nc-2c(Cl)[nH]1. The number of allylic oxidation sites excluding steroid dienone is 1. The maximum absolute atomic E-state index is 14.8. The summed E-state index contributed by atoms with van der Waals surface area (Å²) in [6.07, 6.45) is 2.56. The lowest BCUT2D eigenvalue weighted by Gasteiger charge is -2.41. The summed E-state index contributed by atoms with van der Waals surface area (Å²) in [5, 5.41) is 5.13. The first kappa shape index (κ1) is 30.3. The number of methoxy groups -OCH3 is 1. The number of ether oxygens (including phenoxy) is 2. The molecule has 2 aromatic carbocycles. The van der Waals surface area contributed by atoms with Gasteiger partial charge in [-0.25, -0.2) is 23.4 Å². The molecular weight excluding hydrogens is 609 g/mol. The zero-order chi connectivity index (χ0) is 30.9. The Bertz CT molecular complexity index is 1630. The smallest absolute Gasteiger partial charge is 0.412 e. The number of H-pyrrole nitrogens is 1. The lowest BCUT2D eigenvalue weighted by Crippen LogP contribution is -2.54. The fourth-order valence-electron chi connectivity index (χ4n) is 4.98. The van der Waals surface area contributed by atoms with E-state index in [0.717, 1.165) is 12.1 Å². The fourth-order valence-corrected chi connectivity index (χ4v) is 5.38. The summed E-state index contributed by atoms with van der Waals surface area (Å²) < 4.78 is 39.6. The van der Waals surface area contributed by atoms with Crippen molar-refractivity contribution in [1.82, 2.24) is 14.9 Å². The van der Waals surface area contributed by atoms with Crippen LogP contribution in [-0.4, -0.2) is 46.6 Å². The molecule has 43 heavy (non-hydrogen) atoms. The number of hydrogen-bond acceptors (Lipinski definition) is 7. The molecule has 1 fully saturated rings. The van der Waals surface area contributed by atoms with E-state index < -0.39 is 41.2 Å². The predicted octanol–water partition coefficient (Wildman–Crippen LogP) is 6.21. The van der Waals surface area contributed by atoms with E-state index in [4.69, 9.17) is 33.7 Å². The molecule has 2 bridgehead atoms. The number of nitrogens with one attached hydrogen (secondary N) is 3. The van der Waals surface area contributed by atoms with E-state index in [2.05, 4.69) is 25.3 Å². The summed E-state index contributed by atoms with van der Waals surface area (Å²) in [6, 6.07) is 5.99. The number of carbonyl (C=O) groups is 3. The van der Waals surface area contributed by atoms with Crippen LogP contribution in [-0.2, 0) is 20.0 Å². The third-order valence-corrected chi connectivity index (χ3v) is 7.68. The first-order chi connectivity index (χ1) is 20.5. The quantitative estimate of drug-likeness (QED) is 0.197. The van der Waals surface area contributed by atoms with Crippen molar-refractivity contribution < 1.29 is 32.6 Å². The minimum atomic E-state index is -2.10. The minimum absolute atomic E-state index is 0.0495. The average molecular weight is 635 g/mol. The number of benzene rings is 2. The van der Waals surface area contributed by atoms with Gasteiger partial charge in [-0.1, -0.05) is 35.4 Å². The van der Waals surface area contributed by atoms with Crippen molar-refractivity contribution in [2.45, 2.75) is 37.5 Å². The van der Waals surface area contributed by atoms with Crippen LogP contribution in [0.1, 0.15) is 43.1 Å². The van der Waals surface area contributed by atoms with E-state index in [-0.39, 0.29) is 47.6 Å². The summed E-state index contributed by atoms with van der Waals surface area (Å²) in [6.45, 7) is -0.0495. The molecular formula is C28H26Cl2F2N6O5. The van der Waals surface area contributed by atoms with E-state index >= 15 is 0 Å². The standard InChI is InChI=1S/C28H26Cl2F2N6O5/c1-42-26(40)34-14-7-8-15-18(13-14)35-20(39)6-4-2-3-5-19(25-36-23(15)24(30)37-25)38-12-11-28(33,43-27(38)41)21-17(31)10-9-16(29)22(21)32/h2-3,7-10,13,19H,4-6,11-12,33H2,1H3,(H,34,40)(H,35,39)(H,36,37). The fraction of sp³-hybridized carbons (Fsp3) is 0.286. The molecule has 3 amide bonds. The second-order valence-corrected chi connectivity index (χ2v) is 10.7. The van der Waals surface area contributed by atoms with Gasteiger partial charge in [-0.05, 0) is 43.2 Å². The van der Waals surface area contributed by atoms with Gasteiger partial charge < -0.3 is 19.8 Å². The number of rotatable bonds is 3. The molecule has 15 heteroatoms. The molecule has 0 saturated carbocycles. The van der Waals surface area contributed by atoms with Crippen molar-refractivity contribution in [1.29, 1.82) is 0 Å². The molecule has 11 nitrogen and oxygen atoms in total. The third kappa shape index (κ3) is 6.14. The third-order valence-electron chi connectivity index (χ3n) is 7.11. The van der Waals surface area contributed by atoms with Crippen LogP contribution in [0.5, 0.6) is 0 Å². The van der Waals surface area contributed by atoms with Crippen LogP contribution in [0.15, 0.2) is 42.5 Å². The number of nitrogens with two attached hydrogens (primary N) is 1. The number of amides is 3. The Morgan fingerprint density at radius 1 is 1.23 bits per heavy atom. The average Bonchev–Trinajstić information content (AvgIpc) is 3.34. The normalized spacial score (nSPS) is 20.6. The molecule has 5 N–H and O–H groups in total. The van der Waals surface area contributed by atoms with Crippen molar-refractivity contribution >= 4 is 52.7 Å². The maximum Gasteiger partial charge on any atom is 0.412 e. The first-order valence-electron chi connectivity index (χ1n) is 13.1. The number of imidazole rings is 1. The van der Waals surface area contributed by atoms with Gasteiger partial charge in [0.05, 0.1) is 29.4 Å². The number of hydrogen-bond donors (Lipinski definition) is 4. The van der Waals surface area contributed by atoms with Crippen LogP contribution in [0.25, 0.3) is 11.3 Å². The largest absolute Gasteiger partial charge is 0.453 e. The molecule has 0 radical (unpaired) electrons. The lowest BCUT2D eigenvalue weighted by molar-refractivity contribution is -0.116. The highest BCUT2D eigenvalue weighted by molar-refractivity contribution is 6.32. The van der Waals surface area contributed by atoms with Crippen molar-refractivity contribution in [2.75, 3.05) is 24.3 Å². The molecule has 0 spiro atoms. The van der Waals surface area contributed by atoms with Crippen molar-refractivity contribution in [2.24, 2.45) is 5.73 Å². The van der Waals surface area contributed by atoms with Gasteiger partial charge in [0.15, 0.2) is 11.5 Å². The van der Waals surface area contributed by atoms with Crippen molar-refractivity contribution in [3.05, 3.63) is 75.7 Å². The number of aromatic nitrogens is 2. The Balaban J connectivity index is 1.50. The molecule has 2 aliphatic heterocycles. The summed E-state index contributed by atoms with van der Waals surface area (Å²) in [7, 11) is 1.22. The maximum atomic E-state index is 14.8. The number of cyclic esters (lactones) is 1. The van der Waals surface area contributed by atoms with E-state index in [1.807, 2.05) is 0 Å². The zero-order valence-corrected chi connectivity index (χ0v) is 24.2. The van der Waals surface area contributed by atoms with Gasteiger partial charge in [0.25, 0.3) is 0 Å². The molecule has 0 aliphatic carbocycles. The van der Waals surface area contributed by atoms with Gasteiger partial charge in [-0.15, -0.1) is 0 Å². The zero-order valence-electron chi connectivity index (χ0n) is 22.7. The molecule has 3 heterocycles. The molecule has 5 rings (SSSR count). The van der Waals surface area contributed by atoms with Gasteiger partial charge in [0.2, 0.25) is 5.91 Å². The number of fused-ring (bicyclic) bond motifs is 4. The topological polar surface area (TPSA) is 152 Å². The highest BCUT2D eigenvalue weighted by atomic mass is 35.5. The number of nitrogens with zero attached hydrogens (tertiary/aromatic N) is 2. The Kier molecular flexibility index (Phi) is 8.58. The van der Waals surface area contributed by atoms with Gasteiger partial charge in [0, 0.05) is 30.6 Å². The molecule has 2 unspecified atom stereocenters. The minimum Gasteiger partial charge on any atom is -0.453 e. The number of carbonyl (C=O) groups excluding carboxylic acids is 3. The van der Waals surface area contributed by atoms with E-state index in [0.29, 0.717) is 29.2 Å².